The van der Waals surface area contributed by atoms with Crippen molar-refractivity contribution in [2.45, 2.75) is 3.23 Å². The van der Waals surface area contributed by atoms with E-state index in [4.69, 9.17) is 0 Å². The molecular weight excluding hydrogens is 374 g/mol. The van der Waals surface area contributed by atoms with E-state index in [0.717, 1.165) is 10.9 Å². The number of benzene rings is 1. The summed E-state index contributed by atoms with van der Waals surface area (Å²) in [5.41, 5.74) is 1.12. The summed E-state index contributed by atoms with van der Waals surface area (Å²) >= 11 is 10.4. The van der Waals surface area contributed by atoms with Crippen LogP contribution in [0.5, 0.6) is 0 Å². The number of hydrogen-bond acceptors (Lipinski definition) is 1. The minimum Gasteiger partial charge on any atom is -0.290 e. The molecule has 76 valence electrons. The van der Waals surface area contributed by atoms with Crippen LogP contribution >= 0.6 is 47.8 Å². The summed E-state index contributed by atoms with van der Waals surface area (Å²) in [5.74, 6) is 0. The van der Waals surface area contributed by atoms with Gasteiger partial charge in [0.05, 0.1) is 6.54 Å². The van der Waals surface area contributed by atoms with Crippen molar-refractivity contribution in [1.29, 1.82) is 0 Å². The number of nitrogens with zero attached hydrogens (tertiary/aromatic N) is 1. The zero-order valence-corrected chi connectivity index (χ0v) is 12.2. The van der Waals surface area contributed by atoms with Crippen molar-refractivity contribution in [3.8, 4) is 0 Å². The van der Waals surface area contributed by atoms with E-state index >= 15 is 0 Å². The van der Waals surface area contributed by atoms with Crippen molar-refractivity contribution in [2.75, 3.05) is 11.9 Å². The van der Waals surface area contributed by atoms with Crippen molar-refractivity contribution in [2.24, 2.45) is 4.99 Å². The molecule has 0 unspecified atom stereocenters. The quantitative estimate of drug-likeness (QED) is 0.550. The first kappa shape index (κ1) is 12.4. The van der Waals surface area contributed by atoms with E-state index in [0.29, 0.717) is 6.54 Å². The largest absolute Gasteiger partial charge is 0.290 e. The summed E-state index contributed by atoms with van der Waals surface area (Å²) in [4.78, 5) is 4.34. The highest BCUT2D eigenvalue weighted by Crippen LogP contribution is 2.28. The molecule has 0 aliphatic rings. The van der Waals surface area contributed by atoms with Crippen LogP contribution < -0.4 is 0 Å². The third-order valence-electron chi connectivity index (χ3n) is 1.56. The van der Waals surface area contributed by atoms with Crippen molar-refractivity contribution >= 4 is 54.0 Å². The summed E-state index contributed by atoms with van der Waals surface area (Å²) in [6.07, 6.45) is 1.87. The molecule has 1 aromatic carbocycles. The highest BCUT2D eigenvalue weighted by Gasteiger charge is 2.19. The Morgan fingerprint density at radius 2 is 1.86 bits per heavy atom. The van der Waals surface area contributed by atoms with Gasteiger partial charge in [-0.05, 0) is 5.56 Å². The second-order valence-electron chi connectivity index (χ2n) is 2.87. The summed E-state index contributed by atoms with van der Waals surface area (Å²) in [6.45, 7) is 0.688. The molecule has 0 aliphatic carbocycles. The third kappa shape index (κ3) is 4.71. The molecule has 0 amide bonds. The number of hydrogen-bond donors (Lipinski definition) is 0. The average molecular weight is 384 g/mol. The molecule has 0 atom stereocenters. The molecular formula is C10H10Br3N. The van der Waals surface area contributed by atoms with Crippen molar-refractivity contribution < 1.29 is 0 Å². The van der Waals surface area contributed by atoms with Gasteiger partial charge in [0.15, 0.2) is 0 Å². The van der Waals surface area contributed by atoms with E-state index in [1.54, 1.807) is 0 Å². The third-order valence-corrected chi connectivity index (χ3v) is 5.08. The standard InChI is InChI=1S/C10H10Br3N/c11-7-10(12,13)8-14-6-9-4-2-1-3-5-9/h1-6H,7-8H2. The molecule has 1 rings (SSSR count). The first-order chi connectivity index (χ1) is 6.64. The molecule has 4 heteroatoms. The van der Waals surface area contributed by atoms with Gasteiger partial charge in [-0.3, -0.25) is 4.99 Å². The maximum Gasteiger partial charge on any atom is 0.109 e. The second-order valence-corrected chi connectivity index (χ2v) is 7.53. The molecule has 0 spiro atoms. The Kier molecular flexibility index (Phi) is 5.34. The second kappa shape index (κ2) is 6.03. The van der Waals surface area contributed by atoms with Gasteiger partial charge < -0.3 is 0 Å². The SMILES string of the molecule is BrCC(Br)(Br)CN=Cc1ccccc1. The molecule has 0 aromatic heterocycles. The molecule has 1 aromatic rings. The monoisotopic (exact) mass is 381 g/mol. The fourth-order valence-corrected chi connectivity index (χ4v) is 1.33. The highest BCUT2D eigenvalue weighted by molar-refractivity contribution is 9.26. The Hall–Kier alpha value is 0.330. The molecule has 0 N–H and O–H groups in total. The maximum absolute atomic E-state index is 4.34. The first-order valence-corrected chi connectivity index (χ1v) is 6.83. The molecule has 0 saturated carbocycles. The first-order valence-electron chi connectivity index (χ1n) is 4.13. The van der Waals surface area contributed by atoms with Gasteiger partial charge in [-0.1, -0.05) is 78.1 Å². The van der Waals surface area contributed by atoms with Gasteiger partial charge in [0.25, 0.3) is 0 Å². The smallest absolute Gasteiger partial charge is 0.109 e. The zero-order chi connectivity index (χ0) is 10.4. The summed E-state index contributed by atoms with van der Waals surface area (Å²) in [6, 6.07) is 10.1. The minimum absolute atomic E-state index is 0.134. The Morgan fingerprint density at radius 1 is 1.21 bits per heavy atom. The molecule has 0 aliphatic heterocycles. The van der Waals surface area contributed by atoms with Gasteiger partial charge in [0, 0.05) is 11.5 Å². The van der Waals surface area contributed by atoms with Gasteiger partial charge >= 0.3 is 0 Å². The summed E-state index contributed by atoms with van der Waals surface area (Å²) < 4.78 is -0.134. The van der Waals surface area contributed by atoms with Crippen LogP contribution in [0.15, 0.2) is 35.3 Å². The highest BCUT2D eigenvalue weighted by atomic mass is 79.9. The topological polar surface area (TPSA) is 12.4 Å². The predicted octanol–water partition coefficient (Wildman–Crippen LogP) is 3.99. The van der Waals surface area contributed by atoms with Crippen molar-refractivity contribution in [1.82, 2.24) is 0 Å². The Morgan fingerprint density at radius 3 is 2.43 bits per heavy atom. The minimum atomic E-state index is -0.134. The van der Waals surface area contributed by atoms with Crippen LogP contribution in [0.2, 0.25) is 0 Å². The lowest BCUT2D eigenvalue weighted by atomic mass is 10.2. The van der Waals surface area contributed by atoms with Crippen LogP contribution in [0.25, 0.3) is 0 Å². The van der Waals surface area contributed by atoms with Gasteiger partial charge in [-0.15, -0.1) is 0 Å². The summed E-state index contributed by atoms with van der Waals surface area (Å²) in [7, 11) is 0. The van der Waals surface area contributed by atoms with Crippen LogP contribution in [0.1, 0.15) is 5.56 Å². The Labute approximate surface area is 109 Å². The number of rotatable bonds is 4. The van der Waals surface area contributed by atoms with Crippen LogP contribution in [-0.4, -0.2) is 21.3 Å². The lowest BCUT2D eigenvalue weighted by Gasteiger charge is -2.12. The fourth-order valence-electron chi connectivity index (χ4n) is 0.866. The van der Waals surface area contributed by atoms with E-state index in [9.17, 15) is 0 Å². The molecule has 1 nitrogen and oxygen atoms in total. The van der Waals surface area contributed by atoms with Gasteiger partial charge in [0.2, 0.25) is 0 Å². The lowest BCUT2D eigenvalue weighted by Crippen LogP contribution is -2.17. The molecule has 0 heterocycles. The fraction of sp³-hybridized carbons (Fsp3) is 0.300. The van der Waals surface area contributed by atoms with E-state index < -0.39 is 0 Å². The average Bonchev–Trinajstić information content (AvgIpc) is 2.19. The summed E-state index contributed by atoms with van der Waals surface area (Å²) in [5, 5.41) is 0.812. The maximum atomic E-state index is 4.34. The Balaban J connectivity index is 2.50. The molecule has 0 bridgehead atoms. The van der Waals surface area contributed by atoms with E-state index in [-0.39, 0.29) is 3.23 Å². The van der Waals surface area contributed by atoms with Crippen LogP contribution in [0.4, 0.5) is 0 Å². The molecule has 0 radical (unpaired) electrons. The molecule has 14 heavy (non-hydrogen) atoms. The van der Waals surface area contributed by atoms with Gasteiger partial charge in [-0.2, -0.15) is 0 Å². The van der Waals surface area contributed by atoms with Crippen molar-refractivity contribution in [3.63, 3.8) is 0 Å². The zero-order valence-electron chi connectivity index (χ0n) is 7.46. The Bertz CT molecular complexity index is 295. The lowest BCUT2D eigenvalue weighted by molar-refractivity contribution is 0.946. The van der Waals surface area contributed by atoms with Gasteiger partial charge in [0.1, 0.15) is 3.23 Å². The number of alkyl halides is 3. The normalized spacial score (nSPS) is 12.2. The van der Waals surface area contributed by atoms with Gasteiger partial charge in [-0.25, -0.2) is 0 Å². The van der Waals surface area contributed by atoms with Crippen LogP contribution in [-0.2, 0) is 0 Å². The number of halogens is 3. The van der Waals surface area contributed by atoms with E-state index in [1.165, 1.54) is 0 Å². The van der Waals surface area contributed by atoms with Crippen LogP contribution in [0, 0.1) is 0 Å². The number of aliphatic imine (C=N–C) groups is 1. The predicted molar refractivity (Wildman–Crippen MR) is 73.3 cm³/mol. The van der Waals surface area contributed by atoms with Crippen LogP contribution in [0.3, 0.4) is 0 Å². The van der Waals surface area contributed by atoms with E-state index in [1.807, 2.05) is 36.5 Å². The van der Waals surface area contributed by atoms with E-state index in [2.05, 4.69) is 52.8 Å². The van der Waals surface area contributed by atoms with Crippen molar-refractivity contribution in [3.05, 3.63) is 35.9 Å². The molecule has 0 saturated heterocycles. The molecule has 0 fully saturated rings.